The van der Waals surface area contributed by atoms with Crippen LogP contribution < -0.4 is 5.73 Å². The molecule has 1 aliphatic heterocycles. The van der Waals surface area contributed by atoms with E-state index in [1.54, 1.807) is 12.1 Å². The van der Waals surface area contributed by atoms with Crippen molar-refractivity contribution < 1.29 is 9.84 Å². The zero-order valence-corrected chi connectivity index (χ0v) is 8.39. The summed E-state index contributed by atoms with van der Waals surface area (Å²) in [6.45, 7) is 0.970. The van der Waals surface area contributed by atoms with Gasteiger partial charge in [0.1, 0.15) is 11.9 Å². The average molecular weight is 206 g/mol. The Morgan fingerprint density at radius 3 is 2.93 bits per heavy atom. The maximum atomic E-state index is 9.58. The summed E-state index contributed by atoms with van der Waals surface area (Å²) in [6, 6.07) is 7.26. The van der Waals surface area contributed by atoms with Crippen molar-refractivity contribution in [1.82, 2.24) is 0 Å². The molecule has 0 amide bonds. The van der Waals surface area contributed by atoms with E-state index < -0.39 is 0 Å². The molecule has 15 heavy (non-hydrogen) atoms. The second kappa shape index (κ2) is 4.31. The van der Waals surface area contributed by atoms with Gasteiger partial charge in [-0.05, 0) is 11.6 Å². The molecule has 1 unspecified atom stereocenters. The van der Waals surface area contributed by atoms with Crippen molar-refractivity contribution in [2.75, 3.05) is 13.1 Å². The number of para-hydroxylation sites is 1. The molecule has 0 aromatic heterocycles. The highest BCUT2D eigenvalue weighted by Gasteiger charge is 2.19. The van der Waals surface area contributed by atoms with Crippen LogP contribution in [0.5, 0.6) is 5.75 Å². The van der Waals surface area contributed by atoms with Gasteiger partial charge < -0.3 is 15.6 Å². The molecule has 1 aromatic rings. The summed E-state index contributed by atoms with van der Waals surface area (Å²) in [5.41, 5.74) is 6.30. The fraction of sp³-hybridized carbons (Fsp3) is 0.364. The first-order chi connectivity index (χ1) is 7.29. The summed E-state index contributed by atoms with van der Waals surface area (Å²) in [6.07, 6.45) is 0.677. The van der Waals surface area contributed by atoms with Crippen LogP contribution >= 0.6 is 0 Å². The van der Waals surface area contributed by atoms with Gasteiger partial charge in [-0.3, -0.25) is 4.99 Å². The van der Waals surface area contributed by atoms with E-state index >= 15 is 0 Å². The molecule has 80 valence electrons. The Hall–Kier alpha value is -1.55. The van der Waals surface area contributed by atoms with E-state index in [1.165, 1.54) is 0 Å². The number of benzene rings is 1. The number of nitrogens with two attached hydrogens (primary N) is 1. The summed E-state index contributed by atoms with van der Waals surface area (Å²) in [4.78, 5) is 4.15. The molecule has 4 heteroatoms. The third-order valence-corrected chi connectivity index (χ3v) is 2.39. The molecule has 0 aliphatic carbocycles. The van der Waals surface area contributed by atoms with E-state index in [0.29, 0.717) is 31.2 Å². The molecule has 4 nitrogen and oxygen atoms in total. The van der Waals surface area contributed by atoms with Gasteiger partial charge in [-0.2, -0.15) is 0 Å². The molecule has 1 heterocycles. The third kappa shape index (κ3) is 2.27. The number of hydrogen-bond donors (Lipinski definition) is 2. The monoisotopic (exact) mass is 206 g/mol. The molecular formula is C11H14N2O2. The summed E-state index contributed by atoms with van der Waals surface area (Å²) < 4.78 is 5.48. The molecule has 1 aromatic carbocycles. The zero-order chi connectivity index (χ0) is 10.7. The van der Waals surface area contributed by atoms with E-state index in [4.69, 9.17) is 10.5 Å². The van der Waals surface area contributed by atoms with Crippen molar-refractivity contribution in [2.45, 2.75) is 12.5 Å². The minimum Gasteiger partial charge on any atom is -0.508 e. The molecule has 1 atom stereocenters. The second-order valence-electron chi connectivity index (χ2n) is 3.51. The normalized spacial score (nSPS) is 19.8. The van der Waals surface area contributed by atoms with Crippen LogP contribution in [0, 0.1) is 0 Å². The van der Waals surface area contributed by atoms with Crippen molar-refractivity contribution >= 4 is 5.90 Å². The second-order valence-corrected chi connectivity index (χ2v) is 3.51. The Morgan fingerprint density at radius 2 is 2.27 bits per heavy atom. The van der Waals surface area contributed by atoms with Gasteiger partial charge in [-0.25, -0.2) is 0 Å². The lowest BCUT2D eigenvalue weighted by Gasteiger charge is -2.11. The highest BCUT2D eigenvalue weighted by molar-refractivity contribution is 5.79. The predicted molar refractivity (Wildman–Crippen MR) is 58.0 cm³/mol. The van der Waals surface area contributed by atoms with Crippen molar-refractivity contribution in [3.05, 3.63) is 29.8 Å². The molecule has 1 aliphatic rings. The highest BCUT2D eigenvalue weighted by Crippen LogP contribution is 2.20. The van der Waals surface area contributed by atoms with Gasteiger partial charge in [-0.15, -0.1) is 0 Å². The van der Waals surface area contributed by atoms with Crippen LogP contribution in [0.1, 0.15) is 5.56 Å². The maximum Gasteiger partial charge on any atom is 0.197 e. The number of hydrogen-bond acceptors (Lipinski definition) is 4. The highest BCUT2D eigenvalue weighted by atomic mass is 16.5. The molecule has 2 rings (SSSR count). The van der Waals surface area contributed by atoms with Crippen LogP contribution in [0.2, 0.25) is 0 Å². The van der Waals surface area contributed by atoms with Crippen LogP contribution in [-0.2, 0) is 11.2 Å². The number of nitrogens with zero attached hydrogens (tertiary/aromatic N) is 1. The smallest absolute Gasteiger partial charge is 0.197 e. The third-order valence-electron chi connectivity index (χ3n) is 2.39. The van der Waals surface area contributed by atoms with Gasteiger partial charge in [0.05, 0.1) is 13.1 Å². The number of rotatable bonds is 3. The largest absolute Gasteiger partial charge is 0.508 e. The van der Waals surface area contributed by atoms with E-state index in [0.717, 1.165) is 5.56 Å². The molecule has 0 saturated heterocycles. The fourth-order valence-electron chi connectivity index (χ4n) is 1.62. The molecular weight excluding hydrogens is 192 g/mol. The van der Waals surface area contributed by atoms with Gasteiger partial charge in [0.2, 0.25) is 0 Å². The Bertz CT molecular complexity index is 377. The molecule has 0 bridgehead atoms. The topological polar surface area (TPSA) is 67.8 Å². The standard InChI is InChI=1S/C11H14N2O2/c12-6-11-13-7-9(15-11)5-8-3-1-2-4-10(8)14/h1-4,9,14H,5-7,12H2. The Kier molecular flexibility index (Phi) is 2.87. The quantitative estimate of drug-likeness (QED) is 0.764. The van der Waals surface area contributed by atoms with Crippen molar-refractivity contribution in [2.24, 2.45) is 10.7 Å². The van der Waals surface area contributed by atoms with E-state index in [1.807, 2.05) is 12.1 Å². The zero-order valence-electron chi connectivity index (χ0n) is 8.39. The first kappa shape index (κ1) is 9.98. The first-order valence-corrected chi connectivity index (χ1v) is 4.96. The number of aromatic hydroxyl groups is 1. The number of aliphatic imine (C=N–C) groups is 1. The predicted octanol–water partition coefficient (Wildman–Crippen LogP) is 0.691. The van der Waals surface area contributed by atoms with Gasteiger partial charge in [-0.1, -0.05) is 18.2 Å². The van der Waals surface area contributed by atoms with Gasteiger partial charge in [0.25, 0.3) is 0 Å². The number of phenols is 1. The van der Waals surface area contributed by atoms with Crippen LogP contribution in [0.15, 0.2) is 29.3 Å². The van der Waals surface area contributed by atoms with Crippen LogP contribution in [-0.4, -0.2) is 30.2 Å². The van der Waals surface area contributed by atoms with E-state index in [-0.39, 0.29) is 6.10 Å². The lowest BCUT2D eigenvalue weighted by atomic mass is 10.1. The first-order valence-electron chi connectivity index (χ1n) is 4.96. The molecule has 0 radical (unpaired) electrons. The van der Waals surface area contributed by atoms with E-state index in [9.17, 15) is 5.11 Å². The molecule has 3 N–H and O–H groups in total. The maximum absolute atomic E-state index is 9.58. The summed E-state index contributed by atoms with van der Waals surface area (Å²) in [5.74, 6) is 0.915. The summed E-state index contributed by atoms with van der Waals surface area (Å²) in [5, 5.41) is 9.58. The summed E-state index contributed by atoms with van der Waals surface area (Å²) in [7, 11) is 0. The molecule has 0 spiro atoms. The minimum atomic E-state index is 0.0110. The fourth-order valence-corrected chi connectivity index (χ4v) is 1.62. The minimum absolute atomic E-state index is 0.0110. The lowest BCUT2D eigenvalue weighted by Crippen LogP contribution is -2.20. The summed E-state index contributed by atoms with van der Waals surface area (Å²) >= 11 is 0. The number of phenolic OH excluding ortho intramolecular Hbond substituents is 1. The average Bonchev–Trinajstić information content (AvgIpc) is 2.69. The van der Waals surface area contributed by atoms with Crippen molar-refractivity contribution in [1.29, 1.82) is 0 Å². The molecule has 0 fully saturated rings. The SMILES string of the molecule is NCC1=NCC(Cc2ccccc2O)O1. The lowest BCUT2D eigenvalue weighted by molar-refractivity contribution is 0.220. The Balaban J connectivity index is 1.97. The Morgan fingerprint density at radius 1 is 1.47 bits per heavy atom. The van der Waals surface area contributed by atoms with Crippen LogP contribution in [0.3, 0.4) is 0 Å². The van der Waals surface area contributed by atoms with Crippen molar-refractivity contribution in [3.8, 4) is 5.75 Å². The number of ether oxygens (including phenoxy) is 1. The Labute approximate surface area is 88.4 Å². The van der Waals surface area contributed by atoms with Gasteiger partial charge >= 0.3 is 0 Å². The van der Waals surface area contributed by atoms with Crippen LogP contribution in [0.25, 0.3) is 0 Å². The van der Waals surface area contributed by atoms with E-state index in [2.05, 4.69) is 4.99 Å². The molecule has 0 saturated carbocycles. The van der Waals surface area contributed by atoms with Gasteiger partial charge in [0, 0.05) is 6.42 Å². The van der Waals surface area contributed by atoms with Crippen molar-refractivity contribution in [3.63, 3.8) is 0 Å². The van der Waals surface area contributed by atoms with Crippen LogP contribution in [0.4, 0.5) is 0 Å². The van der Waals surface area contributed by atoms with Gasteiger partial charge in [0.15, 0.2) is 5.90 Å².